The molecule has 5 unspecified atom stereocenters. The normalized spacial score (nSPS) is 26.4. The SMILES string of the molecule is COc1cc(O)c2c(=O)c3cc(O)c(O)cc3oc2c1C1OC(CO)C(O)C(O)C1O. The predicted molar refractivity (Wildman–Crippen MR) is 104 cm³/mol. The largest absolute Gasteiger partial charge is 0.507 e. The number of hydrogen-bond acceptors (Lipinski definition) is 11. The van der Waals surface area contributed by atoms with Crippen LogP contribution in [0.15, 0.2) is 27.4 Å². The van der Waals surface area contributed by atoms with Gasteiger partial charge in [0.2, 0.25) is 5.43 Å². The van der Waals surface area contributed by atoms with Crippen molar-refractivity contribution in [2.45, 2.75) is 30.5 Å². The molecule has 4 rings (SSSR count). The number of benzene rings is 2. The Labute approximate surface area is 173 Å². The number of aliphatic hydroxyl groups excluding tert-OH is 4. The van der Waals surface area contributed by atoms with Gasteiger partial charge in [-0.15, -0.1) is 0 Å². The number of methoxy groups -OCH3 is 1. The van der Waals surface area contributed by atoms with Gasteiger partial charge in [-0.1, -0.05) is 0 Å². The second-order valence-corrected chi connectivity index (χ2v) is 7.23. The third kappa shape index (κ3) is 3.14. The molecule has 3 aromatic rings. The lowest BCUT2D eigenvalue weighted by Gasteiger charge is -2.40. The molecular weight excluding hydrogens is 416 g/mol. The Morgan fingerprint density at radius 2 is 1.65 bits per heavy atom. The maximum atomic E-state index is 13.0. The molecule has 0 aliphatic carbocycles. The minimum absolute atomic E-state index is 0.0696. The first-order valence-corrected chi connectivity index (χ1v) is 9.22. The average molecular weight is 436 g/mol. The zero-order valence-electron chi connectivity index (χ0n) is 16.1. The van der Waals surface area contributed by atoms with Crippen LogP contribution in [-0.4, -0.2) is 73.9 Å². The van der Waals surface area contributed by atoms with E-state index in [1.807, 2.05) is 0 Å². The van der Waals surface area contributed by atoms with E-state index in [9.17, 15) is 40.5 Å². The third-order valence-electron chi connectivity index (χ3n) is 5.42. The maximum Gasteiger partial charge on any atom is 0.204 e. The summed E-state index contributed by atoms with van der Waals surface area (Å²) in [7, 11) is 1.25. The van der Waals surface area contributed by atoms with E-state index in [0.29, 0.717) is 0 Å². The summed E-state index contributed by atoms with van der Waals surface area (Å²) in [5.41, 5.74) is -1.24. The molecule has 1 fully saturated rings. The molecular formula is C20H20O11. The number of phenols is 3. The van der Waals surface area contributed by atoms with Gasteiger partial charge in [-0.05, 0) is 6.07 Å². The molecule has 5 atom stereocenters. The molecule has 1 aliphatic heterocycles. The van der Waals surface area contributed by atoms with Crippen molar-refractivity contribution in [3.63, 3.8) is 0 Å². The summed E-state index contributed by atoms with van der Waals surface area (Å²) < 4.78 is 16.6. The van der Waals surface area contributed by atoms with Crippen molar-refractivity contribution in [3.05, 3.63) is 34.0 Å². The molecule has 11 nitrogen and oxygen atoms in total. The van der Waals surface area contributed by atoms with E-state index in [1.165, 1.54) is 7.11 Å². The first kappa shape index (κ1) is 21.2. The molecule has 2 aromatic carbocycles. The summed E-state index contributed by atoms with van der Waals surface area (Å²) >= 11 is 0. The van der Waals surface area contributed by atoms with E-state index < -0.39 is 59.8 Å². The number of ether oxygens (including phenoxy) is 2. The number of aliphatic hydroxyl groups is 4. The van der Waals surface area contributed by atoms with Gasteiger partial charge in [0.15, 0.2) is 17.1 Å². The second kappa shape index (κ2) is 7.55. The highest BCUT2D eigenvalue weighted by Crippen LogP contribution is 2.44. The molecule has 166 valence electrons. The molecule has 0 spiro atoms. The topological polar surface area (TPSA) is 190 Å². The van der Waals surface area contributed by atoms with Crippen molar-refractivity contribution in [1.29, 1.82) is 0 Å². The van der Waals surface area contributed by atoms with Crippen LogP contribution >= 0.6 is 0 Å². The van der Waals surface area contributed by atoms with Crippen molar-refractivity contribution in [2.24, 2.45) is 0 Å². The lowest BCUT2D eigenvalue weighted by molar-refractivity contribution is -0.231. The summed E-state index contributed by atoms with van der Waals surface area (Å²) in [6, 6.07) is 3.06. The fourth-order valence-electron chi connectivity index (χ4n) is 3.81. The molecule has 11 heteroatoms. The van der Waals surface area contributed by atoms with Crippen molar-refractivity contribution >= 4 is 21.9 Å². The summed E-state index contributed by atoms with van der Waals surface area (Å²) in [6.45, 7) is -0.681. The third-order valence-corrected chi connectivity index (χ3v) is 5.42. The van der Waals surface area contributed by atoms with Gasteiger partial charge < -0.3 is 49.6 Å². The van der Waals surface area contributed by atoms with E-state index in [2.05, 4.69) is 0 Å². The molecule has 1 saturated heterocycles. The predicted octanol–water partition coefficient (Wildman–Crippen LogP) is -0.414. The number of hydrogen-bond donors (Lipinski definition) is 7. The minimum Gasteiger partial charge on any atom is -0.507 e. The number of phenolic OH excluding ortho intramolecular Hbond substituents is 3. The van der Waals surface area contributed by atoms with Gasteiger partial charge in [-0.3, -0.25) is 4.79 Å². The lowest BCUT2D eigenvalue weighted by Crippen LogP contribution is -2.55. The van der Waals surface area contributed by atoms with Gasteiger partial charge in [0, 0.05) is 12.1 Å². The van der Waals surface area contributed by atoms with Crippen LogP contribution < -0.4 is 10.2 Å². The number of aromatic hydroxyl groups is 3. The summed E-state index contributed by atoms with van der Waals surface area (Å²) in [6.07, 6.45) is -7.71. The van der Waals surface area contributed by atoms with Crippen LogP contribution in [0, 0.1) is 0 Å². The molecule has 7 N–H and O–H groups in total. The second-order valence-electron chi connectivity index (χ2n) is 7.23. The Balaban J connectivity index is 2.08. The first-order chi connectivity index (χ1) is 14.7. The summed E-state index contributed by atoms with van der Waals surface area (Å²) in [4.78, 5) is 13.0. The van der Waals surface area contributed by atoms with Gasteiger partial charge in [0.05, 0.1) is 24.7 Å². The van der Waals surface area contributed by atoms with Crippen LogP contribution in [-0.2, 0) is 4.74 Å². The molecule has 1 aromatic heterocycles. The van der Waals surface area contributed by atoms with Crippen LogP contribution in [0.1, 0.15) is 11.7 Å². The molecule has 0 bridgehead atoms. The van der Waals surface area contributed by atoms with Gasteiger partial charge in [-0.25, -0.2) is 0 Å². The van der Waals surface area contributed by atoms with Crippen LogP contribution in [0.2, 0.25) is 0 Å². The zero-order chi connectivity index (χ0) is 22.6. The van der Waals surface area contributed by atoms with Crippen LogP contribution in [0.3, 0.4) is 0 Å². The van der Waals surface area contributed by atoms with Gasteiger partial charge in [0.1, 0.15) is 53.0 Å². The van der Waals surface area contributed by atoms with Crippen LogP contribution in [0.25, 0.3) is 21.9 Å². The Morgan fingerprint density at radius 3 is 2.29 bits per heavy atom. The monoisotopic (exact) mass is 436 g/mol. The fraction of sp³-hybridized carbons (Fsp3) is 0.350. The number of fused-ring (bicyclic) bond motifs is 2. The smallest absolute Gasteiger partial charge is 0.204 e. The van der Waals surface area contributed by atoms with Crippen LogP contribution in [0.5, 0.6) is 23.0 Å². The Bertz CT molecular complexity index is 1220. The van der Waals surface area contributed by atoms with E-state index >= 15 is 0 Å². The van der Waals surface area contributed by atoms with Crippen molar-refractivity contribution in [2.75, 3.05) is 13.7 Å². The molecule has 0 saturated carbocycles. The first-order valence-electron chi connectivity index (χ1n) is 9.22. The fourth-order valence-corrected chi connectivity index (χ4v) is 3.81. The molecule has 2 heterocycles. The molecule has 0 amide bonds. The standard InChI is InChI=1S/C20H20O11/c1-29-11-4-9(24)13-15(25)6-2-7(22)8(23)3-10(6)30-19(13)14(11)20-18(28)17(27)16(26)12(5-21)31-20/h2-4,12,16-18,20-24,26-28H,5H2,1H3. The quantitative estimate of drug-likeness (QED) is 0.209. The summed E-state index contributed by atoms with van der Waals surface area (Å²) in [5.74, 6) is -1.72. The molecule has 0 radical (unpaired) electrons. The molecule has 1 aliphatic rings. The number of rotatable bonds is 3. The average Bonchev–Trinajstić information content (AvgIpc) is 2.74. The zero-order valence-corrected chi connectivity index (χ0v) is 16.1. The highest BCUT2D eigenvalue weighted by molar-refractivity contribution is 5.96. The van der Waals surface area contributed by atoms with Crippen molar-refractivity contribution in [1.82, 2.24) is 0 Å². The highest BCUT2D eigenvalue weighted by atomic mass is 16.5. The minimum atomic E-state index is -1.71. The van der Waals surface area contributed by atoms with E-state index in [-0.39, 0.29) is 33.3 Å². The van der Waals surface area contributed by atoms with Gasteiger partial charge in [0.25, 0.3) is 0 Å². The van der Waals surface area contributed by atoms with Crippen molar-refractivity contribution < 1.29 is 49.6 Å². The van der Waals surface area contributed by atoms with Gasteiger partial charge >= 0.3 is 0 Å². The maximum absolute atomic E-state index is 13.0. The van der Waals surface area contributed by atoms with E-state index in [1.54, 1.807) is 0 Å². The Kier molecular flexibility index (Phi) is 5.15. The van der Waals surface area contributed by atoms with Crippen LogP contribution in [0.4, 0.5) is 0 Å². The Morgan fingerprint density at radius 1 is 0.968 bits per heavy atom. The van der Waals surface area contributed by atoms with Crippen molar-refractivity contribution in [3.8, 4) is 23.0 Å². The summed E-state index contributed by atoms with van der Waals surface area (Å²) in [5, 5.41) is 69.8. The van der Waals surface area contributed by atoms with E-state index in [0.717, 1.165) is 18.2 Å². The Hall–Kier alpha value is -3.09. The van der Waals surface area contributed by atoms with E-state index in [4.69, 9.17) is 13.9 Å². The van der Waals surface area contributed by atoms with Gasteiger partial charge in [-0.2, -0.15) is 0 Å². The molecule has 31 heavy (non-hydrogen) atoms. The highest BCUT2D eigenvalue weighted by Gasteiger charge is 2.46. The lowest BCUT2D eigenvalue weighted by atomic mass is 9.89.